The molecule has 0 spiro atoms. The summed E-state index contributed by atoms with van der Waals surface area (Å²) in [5, 5.41) is 3.05. The minimum Gasteiger partial charge on any atom is -0.870 e. The quantitative estimate of drug-likeness (QED) is 0.323. The molecule has 1 fully saturated rings. The third kappa shape index (κ3) is 4.41. The first-order valence-electron chi connectivity index (χ1n) is 3.04. The van der Waals surface area contributed by atoms with E-state index in [0.717, 1.165) is 13.0 Å². The van der Waals surface area contributed by atoms with Crippen molar-refractivity contribution in [2.75, 3.05) is 6.54 Å². The zero-order valence-corrected chi connectivity index (χ0v) is 8.26. The van der Waals surface area contributed by atoms with Crippen molar-refractivity contribution in [1.82, 2.24) is 5.32 Å². The fourth-order valence-electron chi connectivity index (χ4n) is 0.952. The van der Waals surface area contributed by atoms with Gasteiger partial charge in [-0.3, -0.25) is 0 Å². The number of piperidine rings is 1. The van der Waals surface area contributed by atoms with Crippen molar-refractivity contribution in [3.63, 3.8) is 0 Å². The summed E-state index contributed by atoms with van der Waals surface area (Å²) in [6.07, 6.45) is 5.30. The van der Waals surface area contributed by atoms with Gasteiger partial charge < -0.3 is 15.6 Å². The maximum atomic E-state index is 9.97. The molecule has 0 bridgehead atoms. The van der Waals surface area contributed by atoms with E-state index in [0.29, 0.717) is 0 Å². The molecule has 4 heteroatoms. The molecular weight excluding hydrogens is 141 g/mol. The van der Waals surface area contributed by atoms with E-state index in [2.05, 4.69) is 5.32 Å². The first kappa shape index (κ1) is 13.2. The Morgan fingerprint density at radius 3 is 2.40 bits per heavy atom. The molecule has 1 rings (SSSR count). The van der Waals surface area contributed by atoms with Gasteiger partial charge >= 0.3 is 29.6 Å². The molecule has 1 aliphatic rings. The van der Waals surface area contributed by atoms with Crippen molar-refractivity contribution in [2.45, 2.75) is 25.3 Å². The number of hydrogen-bond acceptors (Lipinski definition) is 3. The summed E-state index contributed by atoms with van der Waals surface area (Å²) >= 11 is 0. The summed E-state index contributed by atoms with van der Waals surface area (Å²) in [6.45, 7) is 0.986. The first-order chi connectivity index (χ1) is 3.93. The zero-order chi connectivity index (χ0) is 5.82. The third-order valence-electron chi connectivity index (χ3n) is 1.45. The van der Waals surface area contributed by atoms with Crippen LogP contribution in [0.2, 0.25) is 0 Å². The van der Waals surface area contributed by atoms with E-state index >= 15 is 0 Å². The zero-order valence-electron chi connectivity index (χ0n) is 6.26. The molecule has 1 aliphatic heterocycles. The summed E-state index contributed by atoms with van der Waals surface area (Å²) in [7, 11) is 0. The topological polar surface area (TPSA) is 59.1 Å². The number of hydrogen-bond donors (Lipinski definition) is 1. The summed E-state index contributed by atoms with van der Waals surface area (Å²) in [6, 6.07) is 0.0312. The van der Waals surface area contributed by atoms with Gasteiger partial charge in [-0.05, 0) is 13.0 Å². The van der Waals surface area contributed by atoms with Gasteiger partial charge in [-0.2, -0.15) is 0 Å². The van der Waals surface area contributed by atoms with Crippen LogP contribution in [-0.4, -0.2) is 24.3 Å². The molecule has 1 saturated heterocycles. The van der Waals surface area contributed by atoms with Crippen LogP contribution in [0.25, 0.3) is 0 Å². The molecule has 1 unspecified atom stereocenters. The molecular formula is C6H11NNaO2-. The van der Waals surface area contributed by atoms with Crippen molar-refractivity contribution in [1.29, 1.82) is 0 Å². The molecule has 0 aromatic heterocycles. The van der Waals surface area contributed by atoms with Crippen molar-refractivity contribution in [2.24, 2.45) is 0 Å². The van der Waals surface area contributed by atoms with E-state index in [4.69, 9.17) is 0 Å². The van der Waals surface area contributed by atoms with Gasteiger partial charge in [0.15, 0.2) is 0 Å². The van der Waals surface area contributed by atoms with Crippen LogP contribution < -0.4 is 34.9 Å². The van der Waals surface area contributed by atoms with Gasteiger partial charge in [-0.1, -0.05) is 18.9 Å². The Hall–Kier alpha value is 0.590. The SMILES string of the molecule is O=[C-]C1CCCCN1.[Na+].[OH-]. The van der Waals surface area contributed by atoms with Crippen molar-refractivity contribution < 1.29 is 39.8 Å². The Morgan fingerprint density at radius 1 is 1.40 bits per heavy atom. The molecule has 0 aromatic rings. The second kappa shape index (κ2) is 7.69. The Labute approximate surface area is 83.2 Å². The van der Waals surface area contributed by atoms with E-state index < -0.39 is 0 Å². The Kier molecular flexibility index (Phi) is 10.2. The van der Waals surface area contributed by atoms with Crippen LogP contribution >= 0.6 is 0 Å². The predicted molar refractivity (Wildman–Crippen MR) is 33.3 cm³/mol. The maximum absolute atomic E-state index is 9.97. The monoisotopic (exact) mass is 152 g/mol. The predicted octanol–water partition coefficient (Wildman–Crippen LogP) is -2.93. The molecule has 10 heavy (non-hydrogen) atoms. The molecule has 1 heterocycles. The molecule has 1 atom stereocenters. The van der Waals surface area contributed by atoms with Gasteiger partial charge in [-0.25, -0.2) is 6.29 Å². The molecule has 54 valence electrons. The second-order valence-corrected chi connectivity index (χ2v) is 2.12. The van der Waals surface area contributed by atoms with Crippen LogP contribution in [-0.2, 0) is 4.79 Å². The maximum Gasteiger partial charge on any atom is 1.00 e. The molecule has 2 N–H and O–H groups in total. The van der Waals surface area contributed by atoms with Crippen LogP contribution in [0.4, 0.5) is 0 Å². The van der Waals surface area contributed by atoms with Gasteiger partial charge in [0.2, 0.25) is 0 Å². The first-order valence-corrected chi connectivity index (χ1v) is 3.04. The standard InChI is InChI=1S/C6H10NO.Na.H2O/c8-5-6-3-1-2-4-7-6;;/h6-7H,1-4H2;;1H2/q-1;+1;/p-1. The number of rotatable bonds is 1. The summed E-state index contributed by atoms with van der Waals surface area (Å²) in [4.78, 5) is 9.97. The van der Waals surface area contributed by atoms with Crippen molar-refractivity contribution in [3.05, 3.63) is 0 Å². The average Bonchev–Trinajstić information content (AvgIpc) is 1.90. The van der Waals surface area contributed by atoms with Crippen molar-refractivity contribution in [3.8, 4) is 0 Å². The Balaban J connectivity index is 0. The van der Waals surface area contributed by atoms with E-state index in [1.54, 1.807) is 0 Å². The molecule has 0 aliphatic carbocycles. The second-order valence-electron chi connectivity index (χ2n) is 2.12. The average molecular weight is 152 g/mol. The Morgan fingerprint density at radius 2 is 2.10 bits per heavy atom. The summed E-state index contributed by atoms with van der Waals surface area (Å²) in [5.41, 5.74) is 0. The van der Waals surface area contributed by atoms with Gasteiger partial charge in [-0.15, -0.1) is 0 Å². The largest absolute Gasteiger partial charge is 1.00 e. The van der Waals surface area contributed by atoms with Gasteiger partial charge in [0.1, 0.15) is 0 Å². The molecule has 0 radical (unpaired) electrons. The minimum absolute atomic E-state index is 0. The van der Waals surface area contributed by atoms with E-state index in [1.165, 1.54) is 12.8 Å². The molecule has 0 saturated carbocycles. The Bertz CT molecular complexity index is 83.8. The fraction of sp³-hybridized carbons (Fsp3) is 0.833. The van der Waals surface area contributed by atoms with Crippen LogP contribution in [0.3, 0.4) is 0 Å². The van der Waals surface area contributed by atoms with Crippen LogP contribution in [0.5, 0.6) is 0 Å². The normalized spacial score (nSPS) is 23.8. The number of carbonyl (C=O) groups excluding carboxylic acids is 1. The number of nitrogens with one attached hydrogen (secondary N) is 1. The van der Waals surface area contributed by atoms with Gasteiger partial charge in [0.05, 0.1) is 0 Å². The third-order valence-corrected chi connectivity index (χ3v) is 1.45. The summed E-state index contributed by atoms with van der Waals surface area (Å²) < 4.78 is 0. The van der Waals surface area contributed by atoms with Gasteiger partial charge in [0.25, 0.3) is 0 Å². The summed E-state index contributed by atoms with van der Waals surface area (Å²) in [5.74, 6) is 0. The molecule has 3 nitrogen and oxygen atoms in total. The fourth-order valence-corrected chi connectivity index (χ4v) is 0.952. The van der Waals surface area contributed by atoms with E-state index in [-0.39, 0.29) is 41.1 Å². The van der Waals surface area contributed by atoms with E-state index in [9.17, 15) is 4.79 Å². The molecule has 0 amide bonds. The van der Waals surface area contributed by atoms with E-state index in [1.807, 2.05) is 6.29 Å². The molecule has 0 aromatic carbocycles. The van der Waals surface area contributed by atoms with Crippen LogP contribution in [0, 0.1) is 0 Å². The smallest absolute Gasteiger partial charge is 0.870 e. The van der Waals surface area contributed by atoms with Crippen molar-refractivity contribution >= 4 is 6.29 Å². The van der Waals surface area contributed by atoms with Gasteiger partial charge in [0, 0.05) is 0 Å². The van der Waals surface area contributed by atoms with Crippen LogP contribution in [0.1, 0.15) is 19.3 Å². The van der Waals surface area contributed by atoms with Crippen LogP contribution in [0.15, 0.2) is 0 Å². The minimum atomic E-state index is 0.